The van der Waals surface area contributed by atoms with Crippen LogP contribution in [0, 0.1) is 0 Å². The lowest BCUT2D eigenvalue weighted by Crippen LogP contribution is -2.49. The number of morpholine rings is 1. The zero-order valence-corrected chi connectivity index (χ0v) is 12.0. The molecule has 1 aromatic carbocycles. The van der Waals surface area contributed by atoms with E-state index in [4.69, 9.17) is 9.15 Å². The molecule has 0 radical (unpaired) electrons. The first-order valence-corrected chi connectivity index (χ1v) is 7.06. The van der Waals surface area contributed by atoms with Gasteiger partial charge in [0.05, 0.1) is 12.2 Å². The number of benzene rings is 1. The Hall–Kier alpha value is -1.36. The molecule has 1 aliphatic heterocycles. The highest BCUT2D eigenvalue weighted by Crippen LogP contribution is 2.25. The Bertz CT molecular complexity index is 557. The summed E-state index contributed by atoms with van der Waals surface area (Å²) >= 11 is 0. The number of aliphatic hydroxyl groups is 1. The quantitative estimate of drug-likeness (QED) is 0.935. The number of β-amino-alcohol motifs (C(OH)–C–C–N with tert-alkyl or cyclic N) is 1. The molecule has 1 aromatic heterocycles. The number of hydrogen-bond acceptors (Lipinski definition) is 4. The molecule has 20 heavy (non-hydrogen) atoms. The molecule has 1 unspecified atom stereocenters. The monoisotopic (exact) mass is 275 g/mol. The second-order valence-corrected chi connectivity index (χ2v) is 6.05. The lowest BCUT2D eigenvalue weighted by Gasteiger charge is -2.38. The summed E-state index contributed by atoms with van der Waals surface area (Å²) in [5, 5.41) is 11.4. The van der Waals surface area contributed by atoms with Gasteiger partial charge < -0.3 is 14.3 Å². The van der Waals surface area contributed by atoms with Crippen LogP contribution < -0.4 is 0 Å². The van der Waals surface area contributed by atoms with Crippen molar-refractivity contribution in [3.05, 3.63) is 36.1 Å². The van der Waals surface area contributed by atoms with E-state index in [1.165, 1.54) is 0 Å². The molecule has 108 valence electrons. The summed E-state index contributed by atoms with van der Waals surface area (Å²) in [5.41, 5.74) is 0.676. The van der Waals surface area contributed by atoms with E-state index in [-0.39, 0.29) is 5.60 Å². The second-order valence-electron chi connectivity index (χ2n) is 6.05. The molecule has 0 aliphatic carbocycles. The first kappa shape index (κ1) is 13.6. The maximum atomic E-state index is 10.4. The van der Waals surface area contributed by atoms with E-state index in [1.54, 1.807) is 0 Å². The van der Waals surface area contributed by atoms with Crippen molar-refractivity contribution in [1.82, 2.24) is 4.90 Å². The van der Waals surface area contributed by atoms with Gasteiger partial charge in [0.25, 0.3) is 0 Å². The Morgan fingerprint density at radius 2 is 2.15 bits per heavy atom. The SMILES string of the molecule is CC1(C)CN(CC(O)c2cc3ccccc3o2)CCO1. The zero-order valence-electron chi connectivity index (χ0n) is 12.0. The average Bonchev–Trinajstić information content (AvgIpc) is 2.81. The predicted octanol–water partition coefficient (Wildman–Crippen LogP) is 2.58. The van der Waals surface area contributed by atoms with Crippen LogP contribution in [0.25, 0.3) is 11.0 Å². The second kappa shape index (κ2) is 5.20. The normalized spacial score (nSPS) is 21.1. The molecule has 4 heteroatoms. The number of hydrogen-bond donors (Lipinski definition) is 1. The highest BCUT2D eigenvalue weighted by molar-refractivity contribution is 5.77. The fourth-order valence-corrected chi connectivity index (χ4v) is 2.77. The third-order valence-electron chi connectivity index (χ3n) is 3.71. The van der Waals surface area contributed by atoms with Gasteiger partial charge in [0, 0.05) is 25.0 Å². The fourth-order valence-electron chi connectivity index (χ4n) is 2.77. The molecule has 2 heterocycles. The zero-order chi connectivity index (χ0) is 14.2. The lowest BCUT2D eigenvalue weighted by atomic mass is 10.1. The molecule has 0 saturated carbocycles. The molecular weight excluding hydrogens is 254 g/mol. The van der Waals surface area contributed by atoms with Crippen molar-refractivity contribution < 1.29 is 14.3 Å². The van der Waals surface area contributed by atoms with Gasteiger partial charge in [-0.3, -0.25) is 4.90 Å². The average molecular weight is 275 g/mol. The Kier molecular flexibility index (Phi) is 3.54. The summed E-state index contributed by atoms with van der Waals surface area (Å²) in [4.78, 5) is 2.22. The van der Waals surface area contributed by atoms with Crippen LogP contribution in [0.2, 0.25) is 0 Å². The van der Waals surface area contributed by atoms with Crippen LogP contribution in [-0.4, -0.2) is 41.8 Å². The fraction of sp³-hybridized carbons (Fsp3) is 0.500. The molecule has 1 saturated heterocycles. The third-order valence-corrected chi connectivity index (χ3v) is 3.71. The van der Waals surface area contributed by atoms with Crippen LogP contribution in [0.4, 0.5) is 0 Å². The Labute approximate surface area is 118 Å². The molecule has 1 atom stereocenters. The number of aliphatic hydroxyl groups excluding tert-OH is 1. The van der Waals surface area contributed by atoms with Crippen LogP contribution >= 0.6 is 0 Å². The van der Waals surface area contributed by atoms with Gasteiger partial charge in [-0.2, -0.15) is 0 Å². The van der Waals surface area contributed by atoms with E-state index in [0.29, 0.717) is 18.9 Å². The molecule has 0 spiro atoms. The molecular formula is C16H21NO3. The Morgan fingerprint density at radius 1 is 1.35 bits per heavy atom. The highest BCUT2D eigenvalue weighted by Gasteiger charge is 2.29. The van der Waals surface area contributed by atoms with Crippen LogP contribution in [0.3, 0.4) is 0 Å². The van der Waals surface area contributed by atoms with Crippen molar-refractivity contribution in [2.45, 2.75) is 25.6 Å². The smallest absolute Gasteiger partial charge is 0.135 e. The van der Waals surface area contributed by atoms with Crippen LogP contribution in [0.1, 0.15) is 25.7 Å². The minimum Gasteiger partial charge on any atom is -0.458 e. The van der Waals surface area contributed by atoms with Crippen molar-refractivity contribution in [2.24, 2.45) is 0 Å². The number of para-hydroxylation sites is 1. The first-order valence-electron chi connectivity index (χ1n) is 7.06. The van der Waals surface area contributed by atoms with Crippen LogP contribution in [0.5, 0.6) is 0 Å². The van der Waals surface area contributed by atoms with E-state index < -0.39 is 6.10 Å². The summed E-state index contributed by atoms with van der Waals surface area (Å²) in [5.74, 6) is 0.635. The van der Waals surface area contributed by atoms with Crippen LogP contribution in [0.15, 0.2) is 34.7 Å². The summed E-state index contributed by atoms with van der Waals surface area (Å²) in [6, 6.07) is 9.74. The van der Waals surface area contributed by atoms with Gasteiger partial charge in [0.1, 0.15) is 17.4 Å². The minimum absolute atomic E-state index is 0.147. The van der Waals surface area contributed by atoms with E-state index in [1.807, 2.05) is 30.3 Å². The van der Waals surface area contributed by atoms with Crippen molar-refractivity contribution in [1.29, 1.82) is 0 Å². The Balaban J connectivity index is 1.71. The van der Waals surface area contributed by atoms with Crippen molar-refractivity contribution in [3.63, 3.8) is 0 Å². The van der Waals surface area contributed by atoms with Gasteiger partial charge in [-0.1, -0.05) is 18.2 Å². The largest absolute Gasteiger partial charge is 0.458 e. The lowest BCUT2D eigenvalue weighted by molar-refractivity contribution is -0.0941. The van der Waals surface area contributed by atoms with Crippen molar-refractivity contribution >= 4 is 11.0 Å². The van der Waals surface area contributed by atoms with E-state index in [9.17, 15) is 5.11 Å². The molecule has 1 aliphatic rings. The maximum absolute atomic E-state index is 10.4. The summed E-state index contributed by atoms with van der Waals surface area (Å²) in [6.45, 7) is 7.11. The van der Waals surface area contributed by atoms with Gasteiger partial charge in [-0.25, -0.2) is 0 Å². The molecule has 1 fully saturated rings. The molecule has 0 bridgehead atoms. The van der Waals surface area contributed by atoms with Gasteiger partial charge in [-0.15, -0.1) is 0 Å². The first-order chi connectivity index (χ1) is 9.53. The topological polar surface area (TPSA) is 45.8 Å². The van der Waals surface area contributed by atoms with Gasteiger partial charge in [0.2, 0.25) is 0 Å². The van der Waals surface area contributed by atoms with Gasteiger partial charge >= 0.3 is 0 Å². The number of rotatable bonds is 3. The standard InChI is InChI=1S/C16H21NO3/c1-16(2)11-17(7-8-19-16)10-13(18)15-9-12-5-3-4-6-14(12)20-15/h3-6,9,13,18H,7-8,10-11H2,1-2H3. The summed E-state index contributed by atoms with van der Waals surface area (Å²) in [7, 11) is 0. The molecule has 4 nitrogen and oxygen atoms in total. The molecule has 2 aromatic rings. The molecule has 0 amide bonds. The third kappa shape index (κ3) is 2.87. The van der Waals surface area contributed by atoms with Crippen LogP contribution in [-0.2, 0) is 4.74 Å². The van der Waals surface area contributed by atoms with Crippen molar-refractivity contribution in [3.8, 4) is 0 Å². The number of fused-ring (bicyclic) bond motifs is 1. The summed E-state index contributed by atoms with van der Waals surface area (Å²) in [6.07, 6.45) is -0.601. The highest BCUT2D eigenvalue weighted by atomic mass is 16.5. The number of nitrogens with zero attached hydrogens (tertiary/aromatic N) is 1. The van der Waals surface area contributed by atoms with Gasteiger partial charge in [-0.05, 0) is 26.0 Å². The van der Waals surface area contributed by atoms with Gasteiger partial charge in [0.15, 0.2) is 0 Å². The number of furan rings is 1. The maximum Gasteiger partial charge on any atom is 0.135 e. The van der Waals surface area contributed by atoms with E-state index in [0.717, 1.165) is 24.1 Å². The van der Waals surface area contributed by atoms with E-state index >= 15 is 0 Å². The number of ether oxygens (including phenoxy) is 1. The minimum atomic E-state index is -0.601. The molecule has 3 rings (SSSR count). The van der Waals surface area contributed by atoms with Crippen molar-refractivity contribution in [2.75, 3.05) is 26.2 Å². The molecule has 1 N–H and O–H groups in total. The summed E-state index contributed by atoms with van der Waals surface area (Å²) < 4.78 is 11.4. The van der Waals surface area contributed by atoms with E-state index in [2.05, 4.69) is 18.7 Å². The Morgan fingerprint density at radius 3 is 2.90 bits per heavy atom. The predicted molar refractivity (Wildman–Crippen MR) is 77.6 cm³/mol.